The van der Waals surface area contributed by atoms with Crippen LogP contribution < -0.4 is 14.9 Å². The zero-order valence-corrected chi connectivity index (χ0v) is 22.3. The molecule has 4 aromatic carbocycles. The molecular formula is C24H21O3PSm2. The summed E-state index contributed by atoms with van der Waals surface area (Å²) in [6.07, 6.45) is 0. The Morgan fingerprint density at radius 2 is 0.600 bits per heavy atom. The molecule has 0 saturated heterocycles. The molecule has 0 aliphatic heterocycles. The molecule has 0 bridgehead atoms. The predicted molar refractivity (Wildman–Crippen MR) is 113 cm³/mol. The Balaban J connectivity index is 0.000000182. The van der Waals surface area contributed by atoms with Gasteiger partial charge < -0.3 is 14.4 Å². The zero-order chi connectivity index (χ0) is 21.4. The van der Waals surface area contributed by atoms with E-state index in [-0.39, 0.29) is 0 Å². The summed E-state index contributed by atoms with van der Waals surface area (Å²) < 4.78 is 14.7. The van der Waals surface area contributed by atoms with E-state index in [1.165, 1.54) is 5.11 Å². The second-order valence-corrected chi connectivity index (χ2v) is 13.6. The second kappa shape index (κ2) is 16.4. The quantitative estimate of drug-likeness (QED) is 0.306. The molecule has 6 heteroatoms. The number of rotatable bonds is 4. The van der Waals surface area contributed by atoms with Gasteiger partial charge in [0.15, 0.2) is 0 Å². The second-order valence-electron chi connectivity index (χ2n) is 5.71. The summed E-state index contributed by atoms with van der Waals surface area (Å²) in [4.78, 5) is 17.0. The van der Waals surface area contributed by atoms with Crippen LogP contribution in [0.15, 0.2) is 121 Å². The molecule has 0 fully saturated rings. The summed E-state index contributed by atoms with van der Waals surface area (Å²) in [5.74, 6) is 0. The van der Waals surface area contributed by atoms with Gasteiger partial charge in [0.1, 0.15) is 0 Å². The first-order valence-electron chi connectivity index (χ1n) is 9.07. The first kappa shape index (κ1) is 26.0. The van der Waals surface area contributed by atoms with Crippen molar-refractivity contribution in [2.24, 2.45) is 0 Å². The molecule has 0 unspecified atom stereocenters. The molecule has 3 nitrogen and oxygen atoms in total. The fraction of sp³-hybridized carbons (Fsp3) is 0. The van der Waals surface area contributed by atoms with Crippen molar-refractivity contribution in [3.63, 3.8) is 0 Å². The van der Waals surface area contributed by atoms with Crippen molar-refractivity contribution in [2.45, 2.75) is 0 Å². The van der Waals surface area contributed by atoms with Crippen LogP contribution in [0, 0.1) is 72.6 Å². The van der Waals surface area contributed by atoms with Gasteiger partial charge in [0.05, 0.1) is 0 Å². The van der Waals surface area contributed by atoms with E-state index < -0.39 is 80.8 Å². The molecule has 0 spiro atoms. The summed E-state index contributed by atoms with van der Waals surface area (Å²) >= 11 is -0.974. The van der Waals surface area contributed by atoms with E-state index in [0.717, 1.165) is 0 Å². The van der Waals surface area contributed by atoms with Gasteiger partial charge in [-0.2, -0.15) is 0 Å². The zero-order valence-electron chi connectivity index (χ0n) is 16.1. The summed E-state index contributed by atoms with van der Waals surface area (Å²) in [6, 6.07) is 43.2. The van der Waals surface area contributed by atoms with Gasteiger partial charge in [0, 0.05) is 0 Å². The Kier molecular flexibility index (Phi) is 14.2. The summed E-state index contributed by atoms with van der Waals surface area (Å²) in [5, 5.41) is 0. The van der Waals surface area contributed by atoms with Crippen LogP contribution in [0.25, 0.3) is 0 Å². The Bertz CT molecular complexity index is 814. The topological polar surface area (TPSA) is 63.2 Å². The summed E-state index contributed by atoms with van der Waals surface area (Å²) in [7, 11) is -3.63. The molecule has 0 radical (unpaired) electrons. The maximum absolute atomic E-state index is 8.52. The SMILES string of the molecule is O=[PH]([O-])[O-].c1cc[c]([Sm+][c]2ccccc2)cc1.c1cc[c]([Sm+][c]2ccccc2)cc1. The minimum absolute atomic E-state index is 0.487. The third-order valence-corrected chi connectivity index (χ3v) is 9.96. The van der Waals surface area contributed by atoms with Crippen LogP contribution in [-0.2, 0) is 4.57 Å². The van der Waals surface area contributed by atoms with Crippen LogP contribution in [0.5, 0.6) is 0 Å². The molecule has 4 aromatic rings. The molecule has 0 aromatic heterocycles. The Morgan fingerprint density at radius 1 is 0.433 bits per heavy atom. The number of benzene rings is 4. The Hall–Kier alpha value is -0.295. The van der Waals surface area contributed by atoms with Crippen molar-refractivity contribution in [3.05, 3.63) is 121 Å². The Labute approximate surface area is 218 Å². The molecule has 0 N–H and O–H groups in total. The molecule has 0 saturated carbocycles. The van der Waals surface area contributed by atoms with Crippen molar-refractivity contribution in [3.8, 4) is 0 Å². The van der Waals surface area contributed by atoms with Crippen molar-refractivity contribution in [1.82, 2.24) is 0 Å². The molecule has 0 aliphatic rings. The molecule has 152 valence electrons. The van der Waals surface area contributed by atoms with Crippen molar-refractivity contribution in [1.29, 1.82) is 0 Å². The van der Waals surface area contributed by atoms with E-state index in [0.29, 0.717) is 0 Å². The molecular weight excluding hydrogens is 668 g/mol. The minimum atomic E-state index is -3.63. The monoisotopic (exact) mass is 692 g/mol. The third kappa shape index (κ3) is 12.5. The van der Waals surface area contributed by atoms with Gasteiger partial charge in [-0.1, -0.05) is 8.25 Å². The van der Waals surface area contributed by atoms with Crippen LogP contribution in [-0.4, -0.2) is 0 Å². The molecule has 0 heterocycles. The van der Waals surface area contributed by atoms with E-state index >= 15 is 0 Å². The summed E-state index contributed by atoms with van der Waals surface area (Å²) in [6.45, 7) is 0. The maximum atomic E-state index is 8.52. The average Bonchev–Trinajstić information content (AvgIpc) is 2.77. The van der Waals surface area contributed by atoms with Crippen LogP contribution in [0.1, 0.15) is 0 Å². The van der Waals surface area contributed by atoms with E-state index in [1.807, 2.05) is 0 Å². The summed E-state index contributed by atoms with van der Waals surface area (Å²) in [5.41, 5.74) is 0. The fourth-order valence-corrected chi connectivity index (χ4v) is 7.74. The predicted octanol–water partition coefficient (Wildman–Crippen LogP) is 1.54. The third-order valence-electron chi connectivity index (χ3n) is 3.44. The van der Waals surface area contributed by atoms with E-state index in [2.05, 4.69) is 121 Å². The Morgan fingerprint density at radius 3 is 0.767 bits per heavy atom. The normalized spacial score (nSPS) is 9.43. The van der Waals surface area contributed by atoms with E-state index in [4.69, 9.17) is 14.4 Å². The van der Waals surface area contributed by atoms with Crippen LogP contribution >= 0.6 is 8.25 Å². The van der Waals surface area contributed by atoms with Crippen molar-refractivity contribution >= 4 is 13.4 Å². The molecule has 0 atom stereocenters. The van der Waals surface area contributed by atoms with Gasteiger partial charge >= 0.3 is 199 Å². The van der Waals surface area contributed by atoms with Gasteiger partial charge in [-0.15, -0.1) is 0 Å². The first-order chi connectivity index (χ1) is 14.6. The van der Waals surface area contributed by atoms with E-state index in [9.17, 15) is 0 Å². The van der Waals surface area contributed by atoms with Crippen LogP contribution in [0.2, 0.25) is 0 Å². The molecule has 0 aliphatic carbocycles. The van der Waals surface area contributed by atoms with Gasteiger partial charge in [-0.3, -0.25) is 0 Å². The molecule has 30 heavy (non-hydrogen) atoms. The average molecular weight is 689 g/mol. The van der Waals surface area contributed by atoms with Gasteiger partial charge in [-0.05, 0) is 0 Å². The van der Waals surface area contributed by atoms with Crippen molar-refractivity contribution < 1.29 is 86.9 Å². The first-order valence-corrected chi connectivity index (χ1v) is 15.5. The molecule has 4 rings (SSSR count). The van der Waals surface area contributed by atoms with Gasteiger partial charge in [0.2, 0.25) is 0 Å². The number of hydrogen-bond donors (Lipinski definition) is 0. The van der Waals surface area contributed by atoms with Crippen LogP contribution in [0.3, 0.4) is 0 Å². The van der Waals surface area contributed by atoms with Crippen LogP contribution in [0.4, 0.5) is 0 Å². The molecule has 0 amide bonds. The van der Waals surface area contributed by atoms with Gasteiger partial charge in [0.25, 0.3) is 0 Å². The standard InChI is InChI=1S/4C6H5.H3O3P.2Sm/c4*1-2-4-6-5-3-1;1-4(2)3;;/h4*1-5H;4H,(H2,1,2,3);;/q;;;;;2*+1/p-2. The van der Waals surface area contributed by atoms with Gasteiger partial charge in [-0.25, -0.2) is 0 Å². The number of hydrogen-bond acceptors (Lipinski definition) is 3. The van der Waals surface area contributed by atoms with Crippen molar-refractivity contribution in [2.75, 3.05) is 0 Å². The van der Waals surface area contributed by atoms with E-state index in [1.54, 1.807) is 0 Å². The fourth-order valence-electron chi connectivity index (χ4n) is 2.23.